The molecule has 0 aliphatic carbocycles. The van der Waals surface area contributed by atoms with Crippen LogP contribution in [0.15, 0.2) is 30.3 Å². The SMILES string of the molecule is CCNC(C)(CC(=O)O)c1ccccc1. The molecule has 0 amide bonds. The van der Waals surface area contributed by atoms with Crippen LogP contribution in [0.4, 0.5) is 0 Å². The van der Waals surface area contributed by atoms with E-state index in [4.69, 9.17) is 5.11 Å². The van der Waals surface area contributed by atoms with Crippen molar-refractivity contribution in [3.05, 3.63) is 35.9 Å². The highest BCUT2D eigenvalue weighted by atomic mass is 16.4. The van der Waals surface area contributed by atoms with Crippen LogP contribution in [0, 0.1) is 0 Å². The van der Waals surface area contributed by atoms with Crippen molar-refractivity contribution in [3.8, 4) is 0 Å². The van der Waals surface area contributed by atoms with Crippen molar-refractivity contribution < 1.29 is 9.90 Å². The van der Waals surface area contributed by atoms with Gasteiger partial charge in [0, 0.05) is 0 Å². The number of carboxylic acids is 1. The van der Waals surface area contributed by atoms with Crippen LogP contribution < -0.4 is 5.32 Å². The van der Waals surface area contributed by atoms with Crippen LogP contribution >= 0.6 is 0 Å². The van der Waals surface area contributed by atoms with Gasteiger partial charge < -0.3 is 10.4 Å². The minimum atomic E-state index is -0.790. The Kier molecular flexibility index (Phi) is 3.86. The van der Waals surface area contributed by atoms with Crippen LogP contribution in [0.1, 0.15) is 25.8 Å². The second-order valence-corrected chi connectivity index (χ2v) is 3.80. The zero-order valence-electron chi connectivity index (χ0n) is 9.16. The van der Waals surface area contributed by atoms with Crippen molar-refractivity contribution in [2.45, 2.75) is 25.8 Å². The van der Waals surface area contributed by atoms with E-state index in [0.29, 0.717) is 0 Å². The molecule has 1 aromatic rings. The Bertz CT molecular complexity index is 324. The number of hydrogen-bond donors (Lipinski definition) is 2. The summed E-state index contributed by atoms with van der Waals surface area (Å²) in [5.41, 5.74) is 0.524. The topological polar surface area (TPSA) is 49.3 Å². The van der Waals surface area contributed by atoms with Gasteiger partial charge in [0.25, 0.3) is 0 Å². The van der Waals surface area contributed by atoms with Crippen molar-refractivity contribution in [2.75, 3.05) is 6.54 Å². The van der Waals surface area contributed by atoms with Gasteiger partial charge in [-0.1, -0.05) is 37.3 Å². The number of carboxylic acid groups (broad SMARTS) is 1. The fourth-order valence-electron chi connectivity index (χ4n) is 1.77. The predicted molar refractivity (Wildman–Crippen MR) is 59.7 cm³/mol. The fraction of sp³-hybridized carbons (Fsp3) is 0.417. The summed E-state index contributed by atoms with van der Waals surface area (Å²) in [5, 5.41) is 12.1. The first-order chi connectivity index (χ1) is 7.08. The first-order valence-electron chi connectivity index (χ1n) is 5.11. The third-order valence-corrected chi connectivity index (χ3v) is 2.48. The molecule has 3 heteroatoms. The van der Waals surface area contributed by atoms with Gasteiger partial charge in [0.2, 0.25) is 0 Å². The molecule has 0 aromatic heterocycles. The molecule has 1 rings (SSSR count). The molecule has 1 atom stereocenters. The van der Waals surface area contributed by atoms with E-state index >= 15 is 0 Å². The maximum atomic E-state index is 10.8. The highest BCUT2D eigenvalue weighted by Crippen LogP contribution is 2.24. The summed E-state index contributed by atoms with van der Waals surface area (Å²) in [4.78, 5) is 10.8. The van der Waals surface area contributed by atoms with Gasteiger partial charge >= 0.3 is 5.97 Å². The van der Waals surface area contributed by atoms with Crippen molar-refractivity contribution in [1.82, 2.24) is 5.32 Å². The van der Waals surface area contributed by atoms with Crippen molar-refractivity contribution >= 4 is 5.97 Å². The van der Waals surface area contributed by atoms with E-state index in [-0.39, 0.29) is 6.42 Å². The highest BCUT2D eigenvalue weighted by Gasteiger charge is 2.28. The molecule has 0 saturated carbocycles. The van der Waals surface area contributed by atoms with Crippen molar-refractivity contribution in [2.24, 2.45) is 0 Å². The Labute approximate surface area is 90.1 Å². The quantitative estimate of drug-likeness (QED) is 0.776. The minimum Gasteiger partial charge on any atom is -0.481 e. The Balaban J connectivity index is 2.95. The van der Waals surface area contributed by atoms with Gasteiger partial charge in [-0.05, 0) is 19.0 Å². The molecule has 0 fully saturated rings. The van der Waals surface area contributed by atoms with Crippen LogP contribution in [0.2, 0.25) is 0 Å². The third kappa shape index (κ3) is 3.06. The van der Waals surface area contributed by atoms with Crippen LogP contribution in [0.25, 0.3) is 0 Å². The molecule has 0 bridgehead atoms. The number of carbonyl (C=O) groups is 1. The van der Waals surface area contributed by atoms with Crippen molar-refractivity contribution in [3.63, 3.8) is 0 Å². The number of hydrogen-bond acceptors (Lipinski definition) is 2. The van der Waals surface area contributed by atoms with E-state index in [1.54, 1.807) is 0 Å². The molecule has 0 spiro atoms. The van der Waals surface area contributed by atoms with Crippen LogP contribution in [0.5, 0.6) is 0 Å². The summed E-state index contributed by atoms with van der Waals surface area (Å²) >= 11 is 0. The number of benzene rings is 1. The summed E-state index contributed by atoms with van der Waals surface area (Å²) in [6, 6.07) is 9.67. The maximum absolute atomic E-state index is 10.8. The minimum absolute atomic E-state index is 0.0881. The summed E-state index contributed by atoms with van der Waals surface area (Å²) < 4.78 is 0. The largest absolute Gasteiger partial charge is 0.481 e. The zero-order chi connectivity index (χ0) is 11.3. The molecule has 82 valence electrons. The predicted octanol–water partition coefficient (Wildman–Crippen LogP) is 1.99. The molecule has 0 saturated heterocycles. The first-order valence-corrected chi connectivity index (χ1v) is 5.11. The number of nitrogens with one attached hydrogen (secondary N) is 1. The molecular weight excluding hydrogens is 190 g/mol. The number of aliphatic carboxylic acids is 1. The van der Waals surface area contributed by atoms with Gasteiger partial charge in [0.1, 0.15) is 0 Å². The normalized spacial score (nSPS) is 14.5. The molecule has 0 radical (unpaired) electrons. The zero-order valence-corrected chi connectivity index (χ0v) is 9.16. The van der Waals surface area contributed by atoms with E-state index in [2.05, 4.69) is 5.32 Å². The van der Waals surface area contributed by atoms with Crippen LogP contribution in [-0.2, 0) is 10.3 Å². The van der Waals surface area contributed by atoms with Gasteiger partial charge in [-0.15, -0.1) is 0 Å². The second-order valence-electron chi connectivity index (χ2n) is 3.80. The Morgan fingerprint density at radius 3 is 2.47 bits per heavy atom. The molecule has 0 aliphatic rings. The van der Waals surface area contributed by atoms with Crippen LogP contribution in [0.3, 0.4) is 0 Å². The van der Waals surface area contributed by atoms with Crippen LogP contribution in [-0.4, -0.2) is 17.6 Å². The molecule has 1 unspecified atom stereocenters. The Morgan fingerprint density at radius 1 is 1.40 bits per heavy atom. The monoisotopic (exact) mass is 207 g/mol. The highest BCUT2D eigenvalue weighted by molar-refractivity contribution is 5.68. The summed E-state index contributed by atoms with van der Waals surface area (Å²) in [7, 11) is 0. The smallest absolute Gasteiger partial charge is 0.305 e. The van der Waals surface area contributed by atoms with E-state index in [1.807, 2.05) is 44.2 Å². The van der Waals surface area contributed by atoms with Gasteiger partial charge in [0.15, 0.2) is 0 Å². The second kappa shape index (κ2) is 4.94. The summed E-state index contributed by atoms with van der Waals surface area (Å²) in [6.07, 6.45) is 0.0881. The third-order valence-electron chi connectivity index (χ3n) is 2.48. The number of rotatable bonds is 5. The molecule has 2 N–H and O–H groups in total. The molecule has 3 nitrogen and oxygen atoms in total. The lowest BCUT2D eigenvalue weighted by Crippen LogP contribution is -2.41. The maximum Gasteiger partial charge on any atom is 0.305 e. The van der Waals surface area contributed by atoms with Gasteiger partial charge in [0.05, 0.1) is 12.0 Å². The van der Waals surface area contributed by atoms with E-state index in [1.165, 1.54) is 0 Å². The lowest BCUT2D eigenvalue weighted by Gasteiger charge is -2.29. The Hall–Kier alpha value is -1.35. The lowest BCUT2D eigenvalue weighted by molar-refractivity contribution is -0.138. The summed E-state index contributed by atoms with van der Waals surface area (Å²) in [5.74, 6) is -0.790. The molecule has 1 aromatic carbocycles. The molecule has 15 heavy (non-hydrogen) atoms. The van der Waals surface area contributed by atoms with Gasteiger partial charge in [-0.2, -0.15) is 0 Å². The molecule has 0 heterocycles. The summed E-state index contributed by atoms with van der Waals surface area (Å²) in [6.45, 7) is 4.64. The molecule has 0 aliphatic heterocycles. The van der Waals surface area contributed by atoms with E-state index < -0.39 is 11.5 Å². The van der Waals surface area contributed by atoms with Gasteiger partial charge in [-0.3, -0.25) is 4.79 Å². The average Bonchev–Trinajstić information content (AvgIpc) is 2.18. The van der Waals surface area contributed by atoms with Gasteiger partial charge in [-0.25, -0.2) is 0 Å². The Morgan fingerprint density at radius 2 is 2.00 bits per heavy atom. The van der Waals surface area contributed by atoms with E-state index in [0.717, 1.165) is 12.1 Å². The molecular formula is C12H17NO2. The average molecular weight is 207 g/mol. The van der Waals surface area contributed by atoms with Crippen molar-refractivity contribution in [1.29, 1.82) is 0 Å². The van der Waals surface area contributed by atoms with E-state index in [9.17, 15) is 4.79 Å². The standard InChI is InChI=1S/C12H17NO2/c1-3-13-12(2,9-11(14)15)10-7-5-4-6-8-10/h4-8,13H,3,9H2,1-2H3,(H,14,15). The lowest BCUT2D eigenvalue weighted by atomic mass is 9.88. The first kappa shape index (κ1) is 11.7. The fourth-order valence-corrected chi connectivity index (χ4v) is 1.77.